The van der Waals surface area contributed by atoms with Gasteiger partial charge >= 0.3 is 0 Å². The second kappa shape index (κ2) is 5.30. The molecular weight excluding hydrogens is 206 g/mol. The summed E-state index contributed by atoms with van der Waals surface area (Å²) in [5.41, 5.74) is -0.0574. The largest absolute Gasteiger partial charge is 0.354 e. The van der Waals surface area contributed by atoms with Crippen molar-refractivity contribution < 1.29 is 9.59 Å². The second-order valence-corrected chi connectivity index (χ2v) is 5.21. The molecule has 2 amide bonds. The van der Waals surface area contributed by atoms with E-state index in [1.165, 1.54) is 0 Å². The fraction of sp³-hybridized carbons (Fsp3) is 0.818. The Morgan fingerprint density at radius 3 is 2.69 bits per heavy atom. The van der Waals surface area contributed by atoms with E-state index in [9.17, 15) is 9.59 Å². The molecule has 5 nitrogen and oxygen atoms in total. The average Bonchev–Trinajstić information content (AvgIpc) is 2.18. The van der Waals surface area contributed by atoms with Crippen molar-refractivity contribution in [3.63, 3.8) is 0 Å². The number of rotatable bonds is 3. The molecule has 1 aliphatic rings. The van der Waals surface area contributed by atoms with E-state index in [1.807, 2.05) is 20.8 Å². The van der Waals surface area contributed by atoms with Crippen molar-refractivity contribution in [3.8, 4) is 0 Å². The molecule has 3 N–H and O–H groups in total. The number of carbonyl (C=O) groups is 2. The fourth-order valence-electron chi connectivity index (χ4n) is 1.48. The van der Waals surface area contributed by atoms with Gasteiger partial charge in [0, 0.05) is 24.5 Å². The molecule has 1 fully saturated rings. The summed E-state index contributed by atoms with van der Waals surface area (Å²) in [4.78, 5) is 22.5. The van der Waals surface area contributed by atoms with Gasteiger partial charge in [-0.25, -0.2) is 0 Å². The normalized spacial score (nSPS) is 21.4. The molecule has 0 aliphatic carbocycles. The Hall–Kier alpha value is -1.10. The average molecular weight is 227 g/mol. The molecule has 0 radical (unpaired) electrons. The molecule has 16 heavy (non-hydrogen) atoms. The molecule has 1 unspecified atom stereocenters. The lowest BCUT2D eigenvalue weighted by atomic mass is 10.1. The zero-order valence-corrected chi connectivity index (χ0v) is 10.2. The molecule has 1 atom stereocenters. The van der Waals surface area contributed by atoms with Gasteiger partial charge in [0.15, 0.2) is 0 Å². The molecule has 1 rings (SSSR count). The third-order valence-electron chi connectivity index (χ3n) is 2.41. The Bertz CT molecular complexity index is 261. The first kappa shape index (κ1) is 13.0. The van der Waals surface area contributed by atoms with Crippen LogP contribution in [-0.2, 0) is 9.59 Å². The minimum absolute atomic E-state index is 0.0175. The number of carbonyl (C=O) groups excluding carboxylic acids is 2. The summed E-state index contributed by atoms with van der Waals surface area (Å²) in [5.74, 6) is 0.0504. The maximum atomic E-state index is 11.6. The Kier molecular flexibility index (Phi) is 4.29. The summed E-state index contributed by atoms with van der Waals surface area (Å²) < 4.78 is 0. The van der Waals surface area contributed by atoms with Crippen LogP contribution in [0.5, 0.6) is 0 Å². The number of nitrogens with one attached hydrogen (secondary N) is 3. The van der Waals surface area contributed by atoms with E-state index < -0.39 is 0 Å². The van der Waals surface area contributed by atoms with Crippen LogP contribution in [0.3, 0.4) is 0 Å². The van der Waals surface area contributed by atoms with Crippen LogP contribution in [0.4, 0.5) is 0 Å². The smallest absolute Gasteiger partial charge is 0.234 e. The van der Waals surface area contributed by atoms with Gasteiger partial charge in [-0.15, -0.1) is 0 Å². The molecule has 92 valence electrons. The van der Waals surface area contributed by atoms with Crippen LogP contribution >= 0.6 is 0 Å². The Morgan fingerprint density at radius 1 is 1.50 bits per heavy atom. The molecule has 0 saturated carbocycles. The molecule has 1 saturated heterocycles. The van der Waals surface area contributed by atoms with E-state index in [2.05, 4.69) is 16.0 Å². The minimum atomic E-state index is -0.0574. The topological polar surface area (TPSA) is 70.2 Å². The first-order valence-corrected chi connectivity index (χ1v) is 5.68. The summed E-state index contributed by atoms with van der Waals surface area (Å²) in [5, 5.41) is 8.75. The Labute approximate surface area is 96.4 Å². The standard InChI is InChI=1S/C11H21N3O2/c1-11(2,3)13-7-10(16)14-8-4-5-9(15)12-6-8/h8,13H,4-7H2,1-3H3,(H,12,15)(H,14,16). The molecule has 1 heterocycles. The number of piperidine rings is 1. The first-order chi connectivity index (χ1) is 7.37. The third-order valence-corrected chi connectivity index (χ3v) is 2.41. The van der Waals surface area contributed by atoms with Gasteiger partial charge in [-0.05, 0) is 27.2 Å². The van der Waals surface area contributed by atoms with Gasteiger partial charge in [0.25, 0.3) is 0 Å². The van der Waals surface area contributed by atoms with Crippen LogP contribution in [0, 0.1) is 0 Å². The quantitative estimate of drug-likeness (QED) is 0.624. The van der Waals surface area contributed by atoms with Crippen molar-refractivity contribution in [2.24, 2.45) is 0 Å². The molecule has 1 aliphatic heterocycles. The van der Waals surface area contributed by atoms with E-state index in [0.717, 1.165) is 6.42 Å². The first-order valence-electron chi connectivity index (χ1n) is 5.68. The maximum Gasteiger partial charge on any atom is 0.234 e. The van der Waals surface area contributed by atoms with Gasteiger partial charge in [0.1, 0.15) is 0 Å². The second-order valence-electron chi connectivity index (χ2n) is 5.21. The Balaban J connectivity index is 2.22. The van der Waals surface area contributed by atoms with Gasteiger partial charge in [-0.2, -0.15) is 0 Å². The van der Waals surface area contributed by atoms with Gasteiger partial charge in [0.05, 0.1) is 6.54 Å². The lowest BCUT2D eigenvalue weighted by Crippen LogP contribution is -2.51. The molecule has 0 bridgehead atoms. The van der Waals surface area contributed by atoms with Gasteiger partial charge in [0.2, 0.25) is 11.8 Å². The van der Waals surface area contributed by atoms with E-state index in [4.69, 9.17) is 0 Å². The van der Waals surface area contributed by atoms with Crippen LogP contribution in [0.1, 0.15) is 33.6 Å². The van der Waals surface area contributed by atoms with Crippen LogP contribution < -0.4 is 16.0 Å². The highest BCUT2D eigenvalue weighted by Crippen LogP contribution is 2.02. The van der Waals surface area contributed by atoms with Crippen LogP contribution in [0.15, 0.2) is 0 Å². The van der Waals surface area contributed by atoms with E-state index >= 15 is 0 Å². The van der Waals surface area contributed by atoms with Crippen LogP contribution in [-0.4, -0.2) is 36.5 Å². The lowest BCUT2D eigenvalue weighted by Gasteiger charge is -2.25. The highest BCUT2D eigenvalue weighted by Gasteiger charge is 2.20. The summed E-state index contributed by atoms with van der Waals surface area (Å²) in [6, 6.07) is 0.0759. The molecule has 0 aromatic carbocycles. The monoisotopic (exact) mass is 227 g/mol. The van der Waals surface area contributed by atoms with E-state index in [0.29, 0.717) is 19.5 Å². The highest BCUT2D eigenvalue weighted by molar-refractivity contribution is 5.80. The predicted molar refractivity (Wildman–Crippen MR) is 61.9 cm³/mol. The fourth-order valence-corrected chi connectivity index (χ4v) is 1.48. The third kappa shape index (κ3) is 5.11. The number of hydrogen-bond acceptors (Lipinski definition) is 3. The summed E-state index contributed by atoms with van der Waals surface area (Å²) in [6.45, 7) is 6.90. The van der Waals surface area contributed by atoms with Crippen LogP contribution in [0.25, 0.3) is 0 Å². The molecule has 0 aromatic rings. The van der Waals surface area contributed by atoms with Crippen molar-refractivity contribution in [3.05, 3.63) is 0 Å². The van der Waals surface area contributed by atoms with Crippen molar-refractivity contribution >= 4 is 11.8 Å². The number of amides is 2. The minimum Gasteiger partial charge on any atom is -0.354 e. The molecule has 0 spiro atoms. The maximum absolute atomic E-state index is 11.6. The molecule has 0 aromatic heterocycles. The van der Waals surface area contributed by atoms with Gasteiger partial charge in [-0.1, -0.05) is 0 Å². The predicted octanol–water partition coefficient (Wildman–Crippen LogP) is -0.231. The SMILES string of the molecule is CC(C)(C)NCC(=O)NC1CCC(=O)NC1. The van der Waals surface area contributed by atoms with E-state index in [-0.39, 0.29) is 23.4 Å². The summed E-state index contributed by atoms with van der Waals surface area (Å²) in [6.07, 6.45) is 1.23. The molecule has 5 heteroatoms. The number of hydrogen-bond donors (Lipinski definition) is 3. The van der Waals surface area contributed by atoms with Crippen molar-refractivity contribution in [2.75, 3.05) is 13.1 Å². The zero-order valence-electron chi connectivity index (χ0n) is 10.2. The molecular formula is C11H21N3O2. The van der Waals surface area contributed by atoms with Crippen molar-refractivity contribution in [2.45, 2.75) is 45.2 Å². The summed E-state index contributed by atoms with van der Waals surface area (Å²) >= 11 is 0. The zero-order chi connectivity index (χ0) is 12.2. The summed E-state index contributed by atoms with van der Waals surface area (Å²) in [7, 11) is 0. The Morgan fingerprint density at radius 2 is 2.19 bits per heavy atom. The van der Waals surface area contributed by atoms with Crippen molar-refractivity contribution in [1.29, 1.82) is 0 Å². The van der Waals surface area contributed by atoms with E-state index in [1.54, 1.807) is 0 Å². The van der Waals surface area contributed by atoms with Crippen LogP contribution in [0.2, 0.25) is 0 Å². The van der Waals surface area contributed by atoms with Crippen molar-refractivity contribution in [1.82, 2.24) is 16.0 Å². The highest BCUT2D eigenvalue weighted by atomic mass is 16.2. The van der Waals surface area contributed by atoms with Gasteiger partial charge in [-0.3, -0.25) is 9.59 Å². The van der Waals surface area contributed by atoms with Gasteiger partial charge < -0.3 is 16.0 Å². The lowest BCUT2D eigenvalue weighted by molar-refractivity contribution is -0.125.